The predicted molar refractivity (Wildman–Crippen MR) is 94.6 cm³/mol. The van der Waals surface area contributed by atoms with Crippen molar-refractivity contribution in [1.82, 2.24) is 4.98 Å². The smallest absolute Gasteiger partial charge is 0.255 e. The van der Waals surface area contributed by atoms with Gasteiger partial charge in [-0.15, -0.1) is 0 Å². The quantitative estimate of drug-likeness (QED) is 0.616. The number of carbonyl (C=O) groups is 1. The van der Waals surface area contributed by atoms with E-state index < -0.39 is 0 Å². The van der Waals surface area contributed by atoms with Gasteiger partial charge in [0.15, 0.2) is 0 Å². The molecule has 128 valence electrons. The number of nitrogens with one attached hydrogen (secondary N) is 2. The Labute approximate surface area is 141 Å². The Balaban J connectivity index is 1.85. The molecule has 0 aliphatic heterocycles. The number of aromatic nitrogens is 1. The summed E-state index contributed by atoms with van der Waals surface area (Å²) in [5.41, 5.74) is 1.16. The van der Waals surface area contributed by atoms with Gasteiger partial charge in [-0.05, 0) is 49.6 Å². The molecule has 0 unspecified atom stereocenters. The Bertz CT molecular complexity index is 644. The first-order valence-corrected chi connectivity index (χ1v) is 7.99. The van der Waals surface area contributed by atoms with E-state index in [4.69, 9.17) is 9.84 Å². The van der Waals surface area contributed by atoms with Crippen LogP contribution in [0.4, 0.5) is 11.5 Å². The number of methoxy groups -OCH3 is 1. The molecule has 1 amide bonds. The standard InChI is InChI=1S/C18H23N3O3/c1-24-16-7-5-6-14(12-16)18(23)21-15-8-9-17(20-13-15)19-10-3-2-4-11-22/h5-9,12-13,22H,2-4,10-11H2,1H3,(H,19,20)(H,21,23). The van der Waals surface area contributed by atoms with Crippen LogP contribution in [-0.2, 0) is 0 Å². The summed E-state index contributed by atoms with van der Waals surface area (Å²) in [5, 5.41) is 14.7. The number of amides is 1. The van der Waals surface area contributed by atoms with E-state index in [2.05, 4.69) is 15.6 Å². The third kappa shape index (κ3) is 5.55. The van der Waals surface area contributed by atoms with Gasteiger partial charge in [0.2, 0.25) is 0 Å². The summed E-state index contributed by atoms with van der Waals surface area (Å²) in [7, 11) is 1.57. The van der Waals surface area contributed by atoms with Gasteiger partial charge in [0.1, 0.15) is 11.6 Å². The van der Waals surface area contributed by atoms with Gasteiger partial charge >= 0.3 is 0 Å². The summed E-state index contributed by atoms with van der Waals surface area (Å²) in [6.07, 6.45) is 4.41. The molecule has 0 aliphatic carbocycles. The van der Waals surface area contributed by atoms with Crippen LogP contribution in [0.2, 0.25) is 0 Å². The monoisotopic (exact) mass is 329 g/mol. The molecule has 0 bridgehead atoms. The molecule has 0 spiro atoms. The SMILES string of the molecule is COc1cccc(C(=O)Nc2ccc(NCCCCCO)nc2)c1. The van der Waals surface area contributed by atoms with Crippen molar-refractivity contribution in [3.63, 3.8) is 0 Å². The molecule has 24 heavy (non-hydrogen) atoms. The van der Waals surface area contributed by atoms with Crippen LogP contribution in [-0.4, -0.2) is 36.3 Å². The molecule has 1 heterocycles. The highest BCUT2D eigenvalue weighted by atomic mass is 16.5. The molecule has 1 aromatic carbocycles. The van der Waals surface area contributed by atoms with Gasteiger partial charge < -0.3 is 20.5 Å². The lowest BCUT2D eigenvalue weighted by Crippen LogP contribution is -2.12. The van der Waals surface area contributed by atoms with Crippen molar-refractivity contribution in [2.75, 3.05) is 30.9 Å². The number of ether oxygens (including phenoxy) is 1. The highest BCUT2D eigenvalue weighted by Gasteiger charge is 2.07. The molecule has 0 fully saturated rings. The topological polar surface area (TPSA) is 83.5 Å². The molecule has 1 aromatic heterocycles. The molecular weight excluding hydrogens is 306 g/mol. The summed E-state index contributed by atoms with van der Waals surface area (Å²) in [4.78, 5) is 16.5. The number of aliphatic hydroxyl groups excluding tert-OH is 1. The van der Waals surface area contributed by atoms with Gasteiger partial charge in [0.05, 0.1) is 19.0 Å². The van der Waals surface area contributed by atoms with E-state index in [0.717, 1.165) is 31.6 Å². The largest absolute Gasteiger partial charge is 0.497 e. The van der Waals surface area contributed by atoms with E-state index in [0.29, 0.717) is 17.0 Å². The number of rotatable bonds is 9. The minimum absolute atomic E-state index is 0.208. The van der Waals surface area contributed by atoms with E-state index in [-0.39, 0.29) is 12.5 Å². The molecule has 2 aromatic rings. The van der Waals surface area contributed by atoms with Crippen molar-refractivity contribution in [2.24, 2.45) is 0 Å². The van der Waals surface area contributed by atoms with Crippen LogP contribution in [0.5, 0.6) is 5.75 Å². The molecule has 6 heteroatoms. The number of pyridine rings is 1. The fourth-order valence-electron chi connectivity index (χ4n) is 2.17. The van der Waals surface area contributed by atoms with Crippen LogP contribution in [0.15, 0.2) is 42.6 Å². The fourth-order valence-corrected chi connectivity index (χ4v) is 2.17. The second kappa shape index (κ2) is 9.52. The number of hydrogen-bond donors (Lipinski definition) is 3. The Morgan fingerprint density at radius 1 is 1.21 bits per heavy atom. The average molecular weight is 329 g/mol. The molecule has 0 saturated carbocycles. The van der Waals surface area contributed by atoms with Gasteiger partial charge in [-0.25, -0.2) is 4.98 Å². The number of unbranched alkanes of at least 4 members (excludes halogenated alkanes) is 2. The van der Waals surface area contributed by atoms with Gasteiger partial charge in [-0.2, -0.15) is 0 Å². The van der Waals surface area contributed by atoms with Crippen LogP contribution in [0.1, 0.15) is 29.6 Å². The minimum atomic E-state index is -0.208. The Morgan fingerprint density at radius 3 is 2.79 bits per heavy atom. The van der Waals surface area contributed by atoms with Crippen LogP contribution < -0.4 is 15.4 Å². The second-order valence-electron chi connectivity index (χ2n) is 5.33. The highest BCUT2D eigenvalue weighted by Crippen LogP contribution is 2.15. The van der Waals surface area contributed by atoms with Crippen molar-refractivity contribution >= 4 is 17.4 Å². The van der Waals surface area contributed by atoms with Crippen molar-refractivity contribution in [3.05, 3.63) is 48.2 Å². The van der Waals surface area contributed by atoms with E-state index in [9.17, 15) is 4.79 Å². The Kier molecular flexibility index (Phi) is 7.04. The van der Waals surface area contributed by atoms with Crippen LogP contribution in [0, 0.1) is 0 Å². The van der Waals surface area contributed by atoms with Gasteiger partial charge in [-0.1, -0.05) is 6.07 Å². The summed E-state index contributed by atoms with van der Waals surface area (Å²) in [6.45, 7) is 1.04. The highest BCUT2D eigenvalue weighted by molar-refractivity contribution is 6.04. The van der Waals surface area contributed by atoms with Gasteiger partial charge in [0.25, 0.3) is 5.91 Å². The third-order valence-corrected chi connectivity index (χ3v) is 3.49. The molecular formula is C18H23N3O3. The maximum atomic E-state index is 12.2. The van der Waals surface area contributed by atoms with Crippen LogP contribution in [0.3, 0.4) is 0 Å². The van der Waals surface area contributed by atoms with Gasteiger partial charge in [-0.3, -0.25) is 4.79 Å². The van der Waals surface area contributed by atoms with Crippen molar-refractivity contribution in [3.8, 4) is 5.75 Å². The lowest BCUT2D eigenvalue weighted by atomic mass is 10.2. The minimum Gasteiger partial charge on any atom is -0.497 e. The van der Waals surface area contributed by atoms with Crippen LogP contribution >= 0.6 is 0 Å². The molecule has 0 saturated heterocycles. The maximum absolute atomic E-state index is 12.2. The lowest BCUT2D eigenvalue weighted by Gasteiger charge is -2.08. The van der Waals surface area contributed by atoms with E-state index >= 15 is 0 Å². The number of nitrogens with zero attached hydrogens (tertiary/aromatic N) is 1. The summed E-state index contributed by atoms with van der Waals surface area (Å²) >= 11 is 0. The zero-order valence-electron chi connectivity index (χ0n) is 13.8. The number of hydrogen-bond acceptors (Lipinski definition) is 5. The molecule has 6 nitrogen and oxygen atoms in total. The summed E-state index contributed by atoms with van der Waals surface area (Å²) in [5.74, 6) is 1.19. The fraction of sp³-hybridized carbons (Fsp3) is 0.333. The third-order valence-electron chi connectivity index (χ3n) is 3.49. The van der Waals surface area contributed by atoms with E-state index in [1.165, 1.54) is 0 Å². The zero-order chi connectivity index (χ0) is 17.2. The van der Waals surface area contributed by atoms with Crippen molar-refractivity contribution in [1.29, 1.82) is 0 Å². The number of anilines is 2. The molecule has 2 rings (SSSR count). The average Bonchev–Trinajstić information content (AvgIpc) is 2.63. The van der Waals surface area contributed by atoms with Crippen molar-refractivity contribution < 1.29 is 14.6 Å². The molecule has 0 atom stereocenters. The van der Waals surface area contributed by atoms with Gasteiger partial charge in [0, 0.05) is 18.7 Å². The van der Waals surface area contributed by atoms with E-state index in [1.807, 2.05) is 6.07 Å². The summed E-state index contributed by atoms with van der Waals surface area (Å²) in [6, 6.07) is 10.6. The lowest BCUT2D eigenvalue weighted by molar-refractivity contribution is 0.102. The normalized spacial score (nSPS) is 10.2. The first-order chi connectivity index (χ1) is 11.7. The first-order valence-electron chi connectivity index (χ1n) is 7.99. The molecule has 3 N–H and O–H groups in total. The maximum Gasteiger partial charge on any atom is 0.255 e. The first kappa shape index (κ1) is 17.7. The Hall–Kier alpha value is -2.60. The number of benzene rings is 1. The summed E-state index contributed by atoms with van der Waals surface area (Å²) < 4.78 is 5.12. The zero-order valence-corrected chi connectivity index (χ0v) is 13.8. The molecule has 0 aliphatic rings. The number of aliphatic hydroxyl groups is 1. The molecule has 0 radical (unpaired) electrons. The Morgan fingerprint density at radius 2 is 2.08 bits per heavy atom. The second-order valence-corrected chi connectivity index (χ2v) is 5.33. The predicted octanol–water partition coefficient (Wildman–Crippen LogP) is 2.92. The van der Waals surface area contributed by atoms with Crippen molar-refractivity contribution in [2.45, 2.75) is 19.3 Å². The van der Waals surface area contributed by atoms with E-state index in [1.54, 1.807) is 43.6 Å². The van der Waals surface area contributed by atoms with Crippen LogP contribution in [0.25, 0.3) is 0 Å². The number of carbonyl (C=O) groups excluding carboxylic acids is 1.